The lowest BCUT2D eigenvalue weighted by molar-refractivity contribution is -0.151. The molecule has 1 atom stereocenters. The Balaban J connectivity index is 2.34. The second-order valence-electron chi connectivity index (χ2n) is 6.29. The van der Waals surface area contributed by atoms with Gasteiger partial charge in [-0.05, 0) is 25.7 Å². The van der Waals surface area contributed by atoms with E-state index in [9.17, 15) is 9.59 Å². The van der Waals surface area contributed by atoms with Crippen LogP contribution in [0.4, 0.5) is 0 Å². The Labute approximate surface area is 138 Å². The van der Waals surface area contributed by atoms with Crippen molar-refractivity contribution in [3.8, 4) is 6.07 Å². The smallest absolute Gasteiger partial charge is 0.334 e. The van der Waals surface area contributed by atoms with Crippen LogP contribution in [0.5, 0.6) is 0 Å². The molecule has 0 saturated heterocycles. The summed E-state index contributed by atoms with van der Waals surface area (Å²) in [5, 5.41) is 8.94. The maximum Gasteiger partial charge on any atom is 0.334 e. The summed E-state index contributed by atoms with van der Waals surface area (Å²) in [5.74, 6) is -1.06. The van der Waals surface area contributed by atoms with Crippen LogP contribution in [-0.4, -0.2) is 24.6 Å². The van der Waals surface area contributed by atoms with Crippen LogP contribution < -0.4 is 0 Å². The van der Waals surface area contributed by atoms with Gasteiger partial charge in [0.1, 0.15) is 12.7 Å². The van der Waals surface area contributed by atoms with Crippen molar-refractivity contribution >= 4 is 11.9 Å². The zero-order valence-electron chi connectivity index (χ0n) is 14.2. The summed E-state index contributed by atoms with van der Waals surface area (Å²) in [4.78, 5) is 23.7. The summed E-state index contributed by atoms with van der Waals surface area (Å²) in [6, 6.07) is 2.15. The second-order valence-corrected chi connectivity index (χ2v) is 6.29. The van der Waals surface area contributed by atoms with Crippen molar-refractivity contribution in [1.82, 2.24) is 0 Å². The molecule has 128 valence electrons. The van der Waals surface area contributed by atoms with Crippen molar-refractivity contribution in [1.29, 1.82) is 5.26 Å². The van der Waals surface area contributed by atoms with Gasteiger partial charge in [0.15, 0.2) is 0 Å². The third kappa shape index (κ3) is 6.85. The molecule has 1 rings (SSSR count). The molecule has 23 heavy (non-hydrogen) atoms. The van der Waals surface area contributed by atoms with E-state index >= 15 is 0 Å². The minimum absolute atomic E-state index is 0.0748. The molecule has 1 aliphatic carbocycles. The van der Waals surface area contributed by atoms with Crippen LogP contribution in [0, 0.1) is 16.7 Å². The van der Waals surface area contributed by atoms with Crippen molar-refractivity contribution in [2.24, 2.45) is 5.41 Å². The normalized spacial score (nSPS) is 16.0. The van der Waals surface area contributed by atoms with Gasteiger partial charge in [0.05, 0.1) is 17.9 Å². The van der Waals surface area contributed by atoms with E-state index in [0.717, 1.165) is 44.9 Å². The van der Waals surface area contributed by atoms with Gasteiger partial charge >= 0.3 is 11.9 Å². The Morgan fingerprint density at radius 1 is 1.26 bits per heavy atom. The number of rotatable bonds is 11. The molecule has 0 aromatic rings. The third-order valence-corrected chi connectivity index (χ3v) is 4.01. The maximum atomic E-state index is 11.9. The standard InChI is InChI=1S/C18H27NO4/c1-4-6-8-15(7-5-2)23-16(20)11-14(3)17(21)22-13-18(12-19)9-10-18/h15H,3-11,13H2,1-2H3. The van der Waals surface area contributed by atoms with Crippen molar-refractivity contribution in [2.45, 2.75) is 71.3 Å². The first-order valence-electron chi connectivity index (χ1n) is 8.42. The van der Waals surface area contributed by atoms with Gasteiger partial charge in [-0.25, -0.2) is 4.79 Å². The number of carbonyl (C=O) groups excluding carboxylic acids is 2. The second kappa shape index (κ2) is 9.34. The zero-order chi connectivity index (χ0) is 17.3. The van der Waals surface area contributed by atoms with Gasteiger partial charge < -0.3 is 9.47 Å². The molecule has 0 aromatic heterocycles. The largest absolute Gasteiger partial charge is 0.462 e. The monoisotopic (exact) mass is 321 g/mol. The molecule has 5 heteroatoms. The summed E-state index contributed by atoms with van der Waals surface area (Å²) in [7, 11) is 0. The first kappa shape index (κ1) is 19.2. The summed E-state index contributed by atoms with van der Waals surface area (Å²) in [6.07, 6.45) is 5.93. The van der Waals surface area contributed by atoms with E-state index in [1.165, 1.54) is 0 Å². The van der Waals surface area contributed by atoms with Gasteiger partial charge in [0.25, 0.3) is 0 Å². The minimum atomic E-state index is -0.621. The predicted octanol–water partition coefficient (Wildman–Crippen LogP) is 3.68. The molecule has 0 bridgehead atoms. The molecule has 0 N–H and O–H groups in total. The number of carbonyl (C=O) groups is 2. The summed E-state index contributed by atoms with van der Waals surface area (Å²) in [5.41, 5.74) is -0.433. The summed E-state index contributed by atoms with van der Waals surface area (Å²) < 4.78 is 10.5. The van der Waals surface area contributed by atoms with Crippen LogP contribution in [0.25, 0.3) is 0 Å². The molecular formula is C18H27NO4. The highest BCUT2D eigenvalue weighted by molar-refractivity contribution is 5.93. The number of hydrogen-bond donors (Lipinski definition) is 0. The SMILES string of the molecule is C=C(CC(=O)OC(CCC)CCCC)C(=O)OCC1(C#N)CC1. The van der Waals surface area contributed by atoms with E-state index in [1.807, 2.05) is 6.92 Å². The highest BCUT2D eigenvalue weighted by Gasteiger charge is 2.44. The number of nitriles is 1. The van der Waals surface area contributed by atoms with Crippen LogP contribution in [0.1, 0.15) is 65.2 Å². The third-order valence-electron chi connectivity index (χ3n) is 4.01. The van der Waals surface area contributed by atoms with Crippen LogP contribution in [0.2, 0.25) is 0 Å². The quantitative estimate of drug-likeness (QED) is 0.428. The fourth-order valence-corrected chi connectivity index (χ4v) is 2.23. The number of ether oxygens (including phenoxy) is 2. The number of unbranched alkanes of at least 4 members (excludes halogenated alkanes) is 1. The Kier molecular flexibility index (Phi) is 7.80. The molecule has 5 nitrogen and oxygen atoms in total. The lowest BCUT2D eigenvalue weighted by atomic mass is 10.1. The van der Waals surface area contributed by atoms with Crippen LogP contribution in [-0.2, 0) is 19.1 Å². The summed E-state index contributed by atoms with van der Waals surface area (Å²) in [6.45, 7) is 7.81. The van der Waals surface area contributed by atoms with Gasteiger partial charge in [-0.1, -0.05) is 39.7 Å². The fraction of sp³-hybridized carbons (Fsp3) is 0.722. The van der Waals surface area contributed by atoms with Crippen molar-refractivity contribution in [3.05, 3.63) is 12.2 Å². The Morgan fingerprint density at radius 3 is 2.48 bits per heavy atom. The molecule has 1 fully saturated rings. The molecule has 0 aromatic carbocycles. The van der Waals surface area contributed by atoms with Gasteiger partial charge in [0, 0.05) is 5.57 Å². The molecule has 0 spiro atoms. The molecular weight excluding hydrogens is 294 g/mol. The minimum Gasteiger partial charge on any atom is -0.462 e. The van der Waals surface area contributed by atoms with Gasteiger partial charge in [-0.3, -0.25) is 4.79 Å². The highest BCUT2D eigenvalue weighted by Crippen LogP contribution is 2.45. The Morgan fingerprint density at radius 2 is 1.96 bits per heavy atom. The molecule has 1 unspecified atom stereocenters. The molecule has 0 aliphatic heterocycles. The molecule has 0 amide bonds. The average molecular weight is 321 g/mol. The van der Waals surface area contributed by atoms with Crippen LogP contribution >= 0.6 is 0 Å². The van der Waals surface area contributed by atoms with E-state index in [-0.39, 0.29) is 24.7 Å². The summed E-state index contributed by atoms with van der Waals surface area (Å²) >= 11 is 0. The lowest BCUT2D eigenvalue weighted by Gasteiger charge is -2.17. The van der Waals surface area contributed by atoms with Crippen molar-refractivity contribution in [3.63, 3.8) is 0 Å². The number of esters is 2. The number of hydrogen-bond acceptors (Lipinski definition) is 5. The molecule has 0 radical (unpaired) electrons. The van der Waals surface area contributed by atoms with E-state index in [2.05, 4.69) is 19.6 Å². The molecule has 1 saturated carbocycles. The van der Waals surface area contributed by atoms with Crippen molar-refractivity contribution in [2.75, 3.05) is 6.61 Å². The van der Waals surface area contributed by atoms with Crippen LogP contribution in [0.3, 0.4) is 0 Å². The van der Waals surface area contributed by atoms with Gasteiger partial charge in [0.2, 0.25) is 0 Å². The van der Waals surface area contributed by atoms with E-state index in [4.69, 9.17) is 14.7 Å². The zero-order valence-corrected chi connectivity index (χ0v) is 14.2. The topological polar surface area (TPSA) is 76.4 Å². The predicted molar refractivity (Wildman–Crippen MR) is 86.3 cm³/mol. The maximum absolute atomic E-state index is 11.9. The highest BCUT2D eigenvalue weighted by atomic mass is 16.5. The van der Waals surface area contributed by atoms with Crippen LogP contribution in [0.15, 0.2) is 12.2 Å². The first-order chi connectivity index (χ1) is 11.0. The Hall–Kier alpha value is -1.83. The fourth-order valence-electron chi connectivity index (χ4n) is 2.23. The average Bonchev–Trinajstić information content (AvgIpc) is 3.31. The molecule has 1 aliphatic rings. The van der Waals surface area contributed by atoms with Gasteiger partial charge in [-0.2, -0.15) is 5.26 Å². The van der Waals surface area contributed by atoms with Crippen molar-refractivity contribution < 1.29 is 19.1 Å². The van der Waals surface area contributed by atoms with Gasteiger partial charge in [-0.15, -0.1) is 0 Å². The lowest BCUT2D eigenvalue weighted by Crippen LogP contribution is -2.21. The first-order valence-corrected chi connectivity index (χ1v) is 8.42. The Bertz CT molecular complexity index is 474. The van der Waals surface area contributed by atoms with E-state index < -0.39 is 17.4 Å². The number of nitrogens with zero attached hydrogens (tertiary/aromatic N) is 1. The molecule has 0 heterocycles. The van der Waals surface area contributed by atoms with E-state index in [1.54, 1.807) is 0 Å². The van der Waals surface area contributed by atoms with E-state index in [0.29, 0.717) is 0 Å².